The molecule has 7 rings (SSSR count). The van der Waals surface area contributed by atoms with E-state index in [1.54, 1.807) is 46.0 Å². The molecule has 0 radical (unpaired) electrons. The van der Waals surface area contributed by atoms with Gasteiger partial charge in [0, 0.05) is 31.9 Å². The Hall–Kier alpha value is -4.36. The van der Waals surface area contributed by atoms with Crippen molar-refractivity contribution in [1.29, 1.82) is 0 Å². The predicted octanol–water partition coefficient (Wildman–Crippen LogP) is 6.73. The molecule has 2 saturated carbocycles. The summed E-state index contributed by atoms with van der Waals surface area (Å²) in [6.45, 7) is 11.9. The molecule has 2 aromatic rings. The van der Waals surface area contributed by atoms with E-state index in [0.717, 1.165) is 30.4 Å². The standard InChI is InChI=1S/C49H64N2O10/c1-47(2,3)61-42(53)20-18-35(28-52)50-44(54)38(24-30-11-9-8-10-12-30)51(7)45(55)34-25-39-43(58-29-57-39)40(26-34)59-46(56)32-15-13-31(14-16-32)23-33-17-19-41-49(6,60-41)22-21-37-36(33)27-48(37,4)5/h8-16,23,25,35-41,43,52H,17-22,24,26-29H2,1-7H3,(H,50,54). The second-order valence-electron chi connectivity index (χ2n) is 19.6. The minimum atomic E-state index is -0.977. The SMILES string of the molecule is CN(C(=O)C1=CC2OCOC2C(OC(=O)c2ccc(C=C3CCC4OC4(C)CCC4C3CC4(C)C)cc2)C1)C(Cc1ccccc1)C(=O)NC(CO)CCC(=O)OC(C)(C)C. The molecule has 12 heteroatoms. The maximum atomic E-state index is 14.3. The Kier molecular flexibility index (Phi) is 13.3. The lowest BCUT2D eigenvalue weighted by Crippen LogP contribution is -2.53. The maximum absolute atomic E-state index is 14.3. The molecule has 61 heavy (non-hydrogen) atoms. The highest BCUT2D eigenvalue weighted by Gasteiger charge is 2.56. The van der Waals surface area contributed by atoms with Crippen molar-refractivity contribution in [2.45, 2.75) is 147 Å². The van der Waals surface area contributed by atoms with Crippen molar-refractivity contribution >= 4 is 29.8 Å². The fourth-order valence-corrected chi connectivity index (χ4v) is 9.86. The van der Waals surface area contributed by atoms with Gasteiger partial charge in [0.2, 0.25) is 11.8 Å². The van der Waals surface area contributed by atoms with Gasteiger partial charge >= 0.3 is 11.9 Å². The molecule has 9 atom stereocenters. The summed E-state index contributed by atoms with van der Waals surface area (Å²) in [6.07, 6.45) is 8.19. The fraction of sp³-hybridized carbons (Fsp3) is 0.592. The molecule has 9 unspecified atom stereocenters. The quantitative estimate of drug-likeness (QED) is 0.164. The van der Waals surface area contributed by atoms with Crippen LogP contribution in [0.1, 0.15) is 114 Å². The maximum Gasteiger partial charge on any atom is 0.338 e. The van der Waals surface area contributed by atoms with Crippen molar-refractivity contribution in [3.05, 3.63) is 88.5 Å². The summed E-state index contributed by atoms with van der Waals surface area (Å²) in [5, 5.41) is 13.0. The number of aliphatic hydroxyl groups is 1. The number of rotatable bonds is 13. The van der Waals surface area contributed by atoms with Crippen LogP contribution in [-0.2, 0) is 44.5 Å². The molecule has 0 bridgehead atoms. The van der Waals surface area contributed by atoms with Crippen molar-refractivity contribution in [2.24, 2.45) is 17.3 Å². The van der Waals surface area contributed by atoms with Crippen LogP contribution < -0.4 is 5.32 Å². The molecule has 0 spiro atoms. The molecule has 2 saturated heterocycles. The number of amides is 2. The van der Waals surface area contributed by atoms with E-state index in [-0.39, 0.29) is 38.1 Å². The zero-order chi connectivity index (χ0) is 43.7. The average Bonchev–Trinajstić information content (AvgIpc) is 3.59. The van der Waals surface area contributed by atoms with Crippen LogP contribution in [0.15, 0.2) is 71.8 Å². The first-order valence-electron chi connectivity index (χ1n) is 22.0. The zero-order valence-corrected chi connectivity index (χ0v) is 36.8. The van der Waals surface area contributed by atoms with Crippen LogP contribution in [0.25, 0.3) is 6.08 Å². The summed E-state index contributed by atoms with van der Waals surface area (Å²) in [5.74, 6) is -0.691. The minimum Gasteiger partial charge on any atom is -0.460 e. The number of likely N-dealkylation sites (N-methyl/N-ethyl adjacent to an activating group) is 1. The van der Waals surface area contributed by atoms with E-state index >= 15 is 0 Å². The third-order valence-electron chi connectivity index (χ3n) is 13.5. The first kappa shape index (κ1) is 44.7. The number of fused-ring (bicyclic) bond motifs is 3. The third kappa shape index (κ3) is 10.6. The number of hydrogen-bond acceptors (Lipinski definition) is 10. The number of allylic oxidation sites excluding steroid dienone is 1. The number of esters is 2. The molecular formula is C49H64N2O10. The van der Waals surface area contributed by atoms with Gasteiger partial charge in [-0.15, -0.1) is 0 Å². The number of carbonyl (C=O) groups excluding carboxylic acids is 4. The topological polar surface area (TPSA) is 153 Å². The van der Waals surface area contributed by atoms with E-state index in [4.69, 9.17) is 23.7 Å². The number of nitrogens with zero attached hydrogens (tertiary/aromatic N) is 1. The Bertz CT molecular complexity index is 1990. The van der Waals surface area contributed by atoms with Crippen molar-refractivity contribution in [2.75, 3.05) is 20.4 Å². The first-order valence-corrected chi connectivity index (χ1v) is 22.0. The summed E-state index contributed by atoms with van der Waals surface area (Å²) in [5.41, 5.74) is 3.74. The van der Waals surface area contributed by atoms with Gasteiger partial charge in [-0.3, -0.25) is 14.4 Å². The van der Waals surface area contributed by atoms with Crippen molar-refractivity contribution < 1.29 is 48.0 Å². The van der Waals surface area contributed by atoms with E-state index in [0.29, 0.717) is 34.5 Å². The number of aliphatic hydroxyl groups excluding tert-OH is 1. The monoisotopic (exact) mass is 840 g/mol. The molecular weight excluding hydrogens is 777 g/mol. The van der Waals surface area contributed by atoms with Gasteiger partial charge in [0.05, 0.1) is 29.9 Å². The van der Waals surface area contributed by atoms with Gasteiger partial charge < -0.3 is 39.0 Å². The minimum absolute atomic E-state index is 0.00377. The van der Waals surface area contributed by atoms with Gasteiger partial charge in [0.25, 0.3) is 0 Å². The van der Waals surface area contributed by atoms with Crippen molar-refractivity contribution in [3.8, 4) is 0 Å². The lowest BCUT2D eigenvalue weighted by molar-refractivity contribution is -0.155. The van der Waals surface area contributed by atoms with E-state index in [1.165, 1.54) is 23.3 Å². The van der Waals surface area contributed by atoms with Crippen LogP contribution in [0.2, 0.25) is 0 Å². The van der Waals surface area contributed by atoms with Gasteiger partial charge in [-0.1, -0.05) is 68.0 Å². The molecule has 4 fully saturated rings. The highest BCUT2D eigenvalue weighted by Crippen LogP contribution is 2.59. The van der Waals surface area contributed by atoms with Gasteiger partial charge in [-0.25, -0.2) is 4.79 Å². The molecule has 2 N–H and O–H groups in total. The summed E-state index contributed by atoms with van der Waals surface area (Å²) in [6, 6.07) is 15.1. The van der Waals surface area contributed by atoms with Crippen LogP contribution in [0, 0.1) is 17.3 Å². The summed E-state index contributed by atoms with van der Waals surface area (Å²) < 4.78 is 29.3. The molecule has 0 aromatic heterocycles. The second-order valence-corrected chi connectivity index (χ2v) is 19.6. The molecule has 12 nitrogen and oxygen atoms in total. The van der Waals surface area contributed by atoms with Gasteiger partial charge in [0.15, 0.2) is 0 Å². The summed E-state index contributed by atoms with van der Waals surface area (Å²) >= 11 is 0. The molecule has 2 aromatic carbocycles. The van der Waals surface area contributed by atoms with Crippen LogP contribution in [-0.4, -0.2) is 102 Å². The van der Waals surface area contributed by atoms with Crippen LogP contribution in [0.4, 0.5) is 0 Å². The zero-order valence-electron chi connectivity index (χ0n) is 36.8. The predicted molar refractivity (Wildman–Crippen MR) is 229 cm³/mol. The van der Waals surface area contributed by atoms with E-state index in [1.807, 2.05) is 42.5 Å². The number of nitrogens with one attached hydrogen (secondary N) is 1. The van der Waals surface area contributed by atoms with E-state index in [9.17, 15) is 24.3 Å². The number of benzene rings is 2. The summed E-state index contributed by atoms with van der Waals surface area (Å²) in [4.78, 5) is 55.8. The molecule has 2 heterocycles. The molecule has 3 aliphatic carbocycles. The third-order valence-corrected chi connectivity index (χ3v) is 13.5. The summed E-state index contributed by atoms with van der Waals surface area (Å²) in [7, 11) is 1.56. The van der Waals surface area contributed by atoms with E-state index in [2.05, 4.69) is 32.2 Å². The van der Waals surface area contributed by atoms with Gasteiger partial charge in [-0.05, 0) is 113 Å². The number of ether oxygens (including phenoxy) is 5. The number of carbonyl (C=O) groups is 4. The molecule has 5 aliphatic rings. The Morgan fingerprint density at radius 3 is 2.44 bits per heavy atom. The van der Waals surface area contributed by atoms with Crippen LogP contribution in [0.5, 0.6) is 0 Å². The average molecular weight is 841 g/mol. The number of hydrogen-bond donors (Lipinski definition) is 2. The number of epoxide rings is 1. The Morgan fingerprint density at radius 2 is 1.75 bits per heavy atom. The highest BCUT2D eigenvalue weighted by atomic mass is 16.7. The Labute approximate surface area is 360 Å². The largest absolute Gasteiger partial charge is 0.460 e. The van der Waals surface area contributed by atoms with Crippen LogP contribution in [0.3, 0.4) is 0 Å². The van der Waals surface area contributed by atoms with Crippen molar-refractivity contribution in [1.82, 2.24) is 10.2 Å². The Balaban J connectivity index is 1.02. The van der Waals surface area contributed by atoms with Gasteiger partial charge in [0.1, 0.15) is 36.7 Å². The normalized spacial score (nSPS) is 29.4. The molecule has 330 valence electrons. The second kappa shape index (κ2) is 18.2. The molecule has 2 amide bonds. The van der Waals surface area contributed by atoms with Crippen LogP contribution >= 0.6 is 0 Å². The smallest absolute Gasteiger partial charge is 0.338 e. The van der Waals surface area contributed by atoms with E-state index < -0.39 is 66.4 Å². The Morgan fingerprint density at radius 1 is 1.02 bits per heavy atom. The lowest BCUT2D eigenvalue weighted by Gasteiger charge is -2.53. The van der Waals surface area contributed by atoms with Gasteiger partial charge in [-0.2, -0.15) is 0 Å². The van der Waals surface area contributed by atoms with Crippen molar-refractivity contribution in [3.63, 3.8) is 0 Å². The lowest BCUT2D eigenvalue weighted by atomic mass is 9.52. The fourth-order valence-electron chi connectivity index (χ4n) is 9.86. The highest BCUT2D eigenvalue weighted by molar-refractivity contribution is 5.97. The first-order chi connectivity index (χ1) is 28.9. The molecule has 2 aliphatic heterocycles.